The number of thiazole rings is 1. The number of hydrogen-bond acceptors (Lipinski definition) is 6. The Morgan fingerprint density at radius 2 is 1.77 bits per heavy atom. The van der Waals surface area contributed by atoms with E-state index in [1.54, 1.807) is 29.6 Å². The zero-order chi connectivity index (χ0) is 21.5. The van der Waals surface area contributed by atoms with Crippen LogP contribution in [-0.2, 0) is 16.1 Å². The van der Waals surface area contributed by atoms with Gasteiger partial charge in [-0.25, -0.2) is 9.78 Å². The quantitative estimate of drug-likeness (QED) is 0.464. The van der Waals surface area contributed by atoms with Crippen molar-refractivity contribution < 1.29 is 19.1 Å². The number of esters is 1. The van der Waals surface area contributed by atoms with Crippen LogP contribution >= 0.6 is 11.3 Å². The summed E-state index contributed by atoms with van der Waals surface area (Å²) in [6.45, 7) is 6.29. The Kier molecular flexibility index (Phi) is 7.19. The molecule has 30 heavy (non-hydrogen) atoms. The van der Waals surface area contributed by atoms with Crippen molar-refractivity contribution in [2.45, 2.75) is 27.4 Å². The predicted molar refractivity (Wildman–Crippen MR) is 117 cm³/mol. The minimum Gasteiger partial charge on any atom is -0.493 e. The van der Waals surface area contributed by atoms with Crippen LogP contribution in [0, 0.1) is 5.92 Å². The molecule has 0 radical (unpaired) electrons. The fourth-order valence-electron chi connectivity index (χ4n) is 2.64. The monoisotopic (exact) mass is 424 g/mol. The molecular weight excluding hydrogens is 400 g/mol. The molecule has 0 bridgehead atoms. The lowest BCUT2D eigenvalue weighted by Crippen LogP contribution is -2.22. The minimum atomic E-state index is -0.438. The first kappa shape index (κ1) is 21.5. The third kappa shape index (κ3) is 5.67. The maximum atomic E-state index is 12.3. The van der Waals surface area contributed by atoms with E-state index in [1.807, 2.05) is 30.3 Å². The highest BCUT2D eigenvalue weighted by molar-refractivity contribution is 7.14. The van der Waals surface area contributed by atoms with Crippen LogP contribution in [0.1, 0.15) is 36.8 Å². The first-order chi connectivity index (χ1) is 14.4. The summed E-state index contributed by atoms with van der Waals surface area (Å²) in [7, 11) is 0. The van der Waals surface area contributed by atoms with Crippen molar-refractivity contribution in [3.8, 4) is 5.75 Å². The van der Waals surface area contributed by atoms with Crippen molar-refractivity contribution >= 4 is 34.0 Å². The normalized spacial score (nSPS) is 10.7. The second-order valence-corrected chi connectivity index (χ2v) is 7.95. The standard InChI is InChI=1S/C23H24N2O4S/c1-16(2)13-28-21-11-9-18(10-12-21)22(27)29-14-19-15-30-23(24-19)25(17(3)26)20-7-5-4-6-8-20/h4-12,15-16H,13-14H2,1-3H3. The van der Waals surface area contributed by atoms with E-state index >= 15 is 0 Å². The largest absolute Gasteiger partial charge is 0.493 e. The molecule has 0 saturated heterocycles. The number of benzene rings is 2. The first-order valence-corrected chi connectivity index (χ1v) is 10.5. The van der Waals surface area contributed by atoms with E-state index < -0.39 is 5.97 Å². The summed E-state index contributed by atoms with van der Waals surface area (Å²) in [6.07, 6.45) is 0. The van der Waals surface area contributed by atoms with Crippen molar-refractivity contribution in [3.63, 3.8) is 0 Å². The lowest BCUT2D eigenvalue weighted by molar-refractivity contribution is -0.115. The number of carbonyl (C=O) groups is 2. The second kappa shape index (κ2) is 10.0. The molecule has 1 heterocycles. The summed E-state index contributed by atoms with van der Waals surface area (Å²) >= 11 is 1.32. The lowest BCUT2D eigenvalue weighted by Gasteiger charge is -2.17. The van der Waals surface area contributed by atoms with Crippen molar-refractivity contribution in [1.29, 1.82) is 0 Å². The van der Waals surface area contributed by atoms with Gasteiger partial charge in [-0.2, -0.15) is 0 Å². The highest BCUT2D eigenvalue weighted by Gasteiger charge is 2.18. The van der Waals surface area contributed by atoms with Gasteiger partial charge in [0, 0.05) is 12.3 Å². The molecule has 0 aliphatic heterocycles. The van der Waals surface area contributed by atoms with Crippen LogP contribution in [0.4, 0.5) is 10.8 Å². The van der Waals surface area contributed by atoms with Gasteiger partial charge in [-0.15, -0.1) is 11.3 Å². The van der Waals surface area contributed by atoms with E-state index in [4.69, 9.17) is 9.47 Å². The Labute approximate surface area is 180 Å². The molecule has 1 amide bonds. The smallest absolute Gasteiger partial charge is 0.338 e. The number of nitrogens with zero attached hydrogens (tertiary/aromatic N) is 2. The van der Waals surface area contributed by atoms with Crippen molar-refractivity contribution in [2.24, 2.45) is 5.92 Å². The van der Waals surface area contributed by atoms with Gasteiger partial charge in [0.1, 0.15) is 12.4 Å². The van der Waals surface area contributed by atoms with Gasteiger partial charge in [0.25, 0.3) is 0 Å². The molecule has 0 spiro atoms. The van der Waals surface area contributed by atoms with Crippen molar-refractivity contribution in [3.05, 3.63) is 71.2 Å². The molecule has 0 saturated carbocycles. The highest BCUT2D eigenvalue weighted by Crippen LogP contribution is 2.29. The zero-order valence-corrected chi connectivity index (χ0v) is 18.0. The molecule has 6 nitrogen and oxygen atoms in total. The molecule has 0 unspecified atom stereocenters. The maximum absolute atomic E-state index is 12.3. The Hall–Kier alpha value is -3.19. The lowest BCUT2D eigenvalue weighted by atomic mass is 10.2. The molecule has 3 rings (SSSR count). The van der Waals surface area contributed by atoms with E-state index in [0.717, 1.165) is 11.4 Å². The van der Waals surface area contributed by atoms with Gasteiger partial charge >= 0.3 is 5.97 Å². The van der Waals surface area contributed by atoms with E-state index in [2.05, 4.69) is 18.8 Å². The number of anilines is 2. The maximum Gasteiger partial charge on any atom is 0.338 e. The molecule has 7 heteroatoms. The van der Waals surface area contributed by atoms with Crippen LogP contribution in [0.25, 0.3) is 0 Å². The van der Waals surface area contributed by atoms with Crippen LogP contribution in [0.5, 0.6) is 5.75 Å². The third-order valence-corrected chi connectivity index (χ3v) is 4.96. The summed E-state index contributed by atoms with van der Waals surface area (Å²) in [5.74, 6) is 0.568. The molecule has 0 aliphatic carbocycles. The third-order valence-electron chi connectivity index (χ3n) is 4.08. The van der Waals surface area contributed by atoms with Gasteiger partial charge in [0.15, 0.2) is 5.13 Å². The Morgan fingerprint density at radius 1 is 1.07 bits per heavy atom. The van der Waals surface area contributed by atoms with Gasteiger partial charge in [0.05, 0.1) is 23.6 Å². The van der Waals surface area contributed by atoms with Gasteiger partial charge in [-0.3, -0.25) is 9.69 Å². The fraction of sp³-hybridized carbons (Fsp3) is 0.261. The van der Waals surface area contributed by atoms with Crippen LogP contribution in [0.15, 0.2) is 60.0 Å². The molecule has 2 aromatic carbocycles. The number of amides is 1. The first-order valence-electron chi connectivity index (χ1n) is 9.64. The van der Waals surface area contributed by atoms with Crippen LogP contribution in [-0.4, -0.2) is 23.5 Å². The molecule has 1 aromatic heterocycles. The summed E-state index contributed by atoms with van der Waals surface area (Å²) < 4.78 is 11.0. The fourth-order valence-corrected chi connectivity index (χ4v) is 3.51. The average Bonchev–Trinajstić information content (AvgIpc) is 3.20. The number of rotatable bonds is 8. The number of ether oxygens (including phenoxy) is 2. The minimum absolute atomic E-state index is 0.0292. The number of aromatic nitrogens is 1. The van der Waals surface area contributed by atoms with Crippen LogP contribution < -0.4 is 9.64 Å². The predicted octanol–water partition coefficient (Wildman–Crippen LogP) is 5.22. The van der Waals surface area contributed by atoms with Gasteiger partial charge in [-0.1, -0.05) is 32.0 Å². The number of para-hydroxylation sites is 1. The Balaban J connectivity index is 1.61. The molecule has 0 aliphatic rings. The summed E-state index contributed by atoms with van der Waals surface area (Å²) in [6, 6.07) is 16.2. The topological polar surface area (TPSA) is 68.7 Å². The molecular formula is C23H24N2O4S. The summed E-state index contributed by atoms with van der Waals surface area (Å²) in [5, 5.41) is 2.32. The van der Waals surface area contributed by atoms with E-state index in [0.29, 0.717) is 28.9 Å². The van der Waals surface area contributed by atoms with Crippen molar-refractivity contribution in [1.82, 2.24) is 4.98 Å². The molecule has 0 N–H and O–H groups in total. The second-order valence-electron chi connectivity index (χ2n) is 7.12. The van der Waals surface area contributed by atoms with E-state index in [-0.39, 0.29) is 12.5 Å². The highest BCUT2D eigenvalue weighted by atomic mass is 32.1. The molecule has 3 aromatic rings. The Bertz CT molecular complexity index is 984. The summed E-state index contributed by atoms with van der Waals surface area (Å²) in [4.78, 5) is 30.4. The SMILES string of the molecule is CC(=O)N(c1ccccc1)c1nc(COC(=O)c2ccc(OCC(C)C)cc2)cs1. The van der Waals surface area contributed by atoms with E-state index in [1.165, 1.54) is 23.2 Å². The molecule has 0 fully saturated rings. The average molecular weight is 425 g/mol. The summed E-state index contributed by atoms with van der Waals surface area (Å²) in [5.41, 5.74) is 1.77. The zero-order valence-electron chi connectivity index (χ0n) is 17.2. The van der Waals surface area contributed by atoms with Gasteiger partial charge in [0.2, 0.25) is 5.91 Å². The van der Waals surface area contributed by atoms with Crippen LogP contribution in [0.3, 0.4) is 0 Å². The van der Waals surface area contributed by atoms with E-state index in [9.17, 15) is 9.59 Å². The molecule has 156 valence electrons. The number of carbonyl (C=O) groups excluding carboxylic acids is 2. The van der Waals surface area contributed by atoms with Gasteiger partial charge < -0.3 is 9.47 Å². The van der Waals surface area contributed by atoms with Crippen LogP contribution in [0.2, 0.25) is 0 Å². The van der Waals surface area contributed by atoms with Crippen molar-refractivity contribution in [2.75, 3.05) is 11.5 Å². The van der Waals surface area contributed by atoms with Gasteiger partial charge in [-0.05, 0) is 42.3 Å². The Morgan fingerprint density at radius 3 is 2.40 bits per heavy atom. The molecule has 0 atom stereocenters. The number of hydrogen-bond donors (Lipinski definition) is 0.